The molecule has 0 saturated carbocycles. The van der Waals surface area contributed by atoms with Crippen LogP contribution in [-0.2, 0) is 0 Å². The first-order valence-electron chi connectivity index (χ1n) is 13.7. The van der Waals surface area contributed by atoms with Gasteiger partial charge >= 0.3 is 0 Å². The molecule has 2 nitrogen and oxygen atoms in total. The van der Waals surface area contributed by atoms with E-state index >= 15 is 0 Å². The highest BCUT2D eigenvalue weighted by molar-refractivity contribution is 4.65. The number of unbranched alkanes of at least 4 members (excludes halogenated alkanes) is 14. The van der Waals surface area contributed by atoms with Gasteiger partial charge < -0.3 is 42.9 Å². The highest BCUT2D eigenvalue weighted by Gasteiger charge is 2.19. The van der Waals surface area contributed by atoms with Crippen LogP contribution in [0.25, 0.3) is 0 Å². The van der Waals surface area contributed by atoms with Crippen molar-refractivity contribution < 1.29 is 42.9 Å². The SMILES string of the molecule is C=CCCCCCCCCC[N+](C)(C)CCC[N+](C)(C)CCCCCCCCCC=C.[Br-].[Br-]. The van der Waals surface area contributed by atoms with Gasteiger partial charge in [-0.25, -0.2) is 0 Å². The second kappa shape index (κ2) is 25.5. The number of rotatable bonds is 24. The standard InChI is InChI=1S/C29H60N2.2BrH/c1-7-9-11-13-15-17-19-21-23-26-30(3,4)28-25-29-31(5,6)27-24-22-20-18-16-14-12-10-8-2;;/h7-8H,1-2,9-29H2,3-6H3;2*1H/q+2;;/p-2. The molecule has 0 aliphatic rings. The van der Waals surface area contributed by atoms with Gasteiger partial charge in [-0.15, -0.1) is 13.2 Å². The van der Waals surface area contributed by atoms with E-state index in [1.807, 2.05) is 0 Å². The van der Waals surface area contributed by atoms with Crippen LogP contribution in [0, 0.1) is 0 Å². The van der Waals surface area contributed by atoms with Crippen molar-refractivity contribution in [1.82, 2.24) is 0 Å². The molecule has 0 radical (unpaired) electrons. The Hall–Kier alpha value is 0.360. The molecule has 0 fully saturated rings. The van der Waals surface area contributed by atoms with Crippen LogP contribution in [0.15, 0.2) is 25.3 Å². The van der Waals surface area contributed by atoms with E-state index in [9.17, 15) is 0 Å². The fourth-order valence-corrected chi connectivity index (χ4v) is 4.58. The molecule has 0 heterocycles. The molecule has 200 valence electrons. The van der Waals surface area contributed by atoms with E-state index in [4.69, 9.17) is 0 Å². The molecule has 0 bridgehead atoms. The minimum absolute atomic E-state index is 0. The molecule has 0 N–H and O–H groups in total. The topological polar surface area (TPSA) is 0 Å². The van der Waals surface area contributed by atoms with Crippen LogP contribution in [-0.4, -0.2) is 63.3 Å². The summed E-state index contributed by atoms with van der Waals surface area (Å²) in [5, 5.41) is 0. The van der Waals surface area contributed by atoms with Gasteiger partial charge in [-0.1, -0.05) is 63.5 Å². The second-order valence-corrected chi connectivity index (χ2v) is 11.2. The Labute approximate surface area is 231 Å². The molecule has 0 atom stereocenters. The molecule has 0 rings (SSSR count). The Morgan fingerprint density at radius 2 is 0.636 bits per heavy atom. The summed E-state index contributed by atoms with van der Waals surface area (Å²) in [6, 6.07) is 0. The van der Waals surface area contributed by atoms with E-state index in [-0.39, 0.29) is 34.0 Å². The van der Waals surface area contributed by atoms with Gasteiger partial charge in [0, 0.05) is 6.42 Å². The fourth-order valence-electron chi connectivity index (χ4n) is 4.58. The van der Waals surface area contributed by atoms with Gasteiger partial charge in [-0.3, -0.25) is 0 Å². The van der Waals surface area contributed by atoms with Gasteiger partial charge in [-0.2, -0.15) is 0 Å². The third kappa shape index (κ3) is 28.5. The average molecular weight is 597 g/mol. The lowest BCUT2D eigenvalue weighted by Crippen LogP contribution is -3.00. The highest BCUT2D eigenvalue weighted by Crippen LogP contribution is 2.13. The normalized spacial score (nSPS) is 11.5. The van der Waals surface area contributed by atoms with Crippen LogP contribution >= 0.6 is 0 Å². The summed E-state index contributed by atoms with van der Waals surface area (Å²) in [7, 11) is 9.74. The number of allylic oxidation sites excluding steroid dienone is 2. The number of halogens is 2. The largest absolute Gasteiger partial charge is 1.00 e. The maximum atomic E-state index is 3.80. The Morgan fingerprint density at radius 1 is 0.394 bits per heavy atom. The predicted octanol–water partition coefficient (Wildman–Crippen LogP) is 2.15. The monoisotopic (exact) mass is 594 g/mol. The van der Waals surface area contributed by atoms with Crippen LogP contribution in [0.2, 0.25) is 0 Å². The smallest absolute Gasteiger partial charge is 0.0836 e. The minimum Gasteiger partial charge on any atom is -1.00 e. The number of hydrogen-bond donors (Lipinski definition) is 0. The van der Waals surface area contributed by atoms with Crippen molar-refractivity contribution in [3.05, 3.63) is 25.3 Å². The van der Waals surface area contributed by atoms with Gasteiger partial charge in [0.15, 0.2) is 0 Å². The molecule has 0 aromatic carbocycles. The molecule has 0 aliphatic carbocycles. The Bertz CT molecular complexity index is 384. The van der Waals surface area contributed by atoms with Crippen molar-refractivity contribution in [2.75, 3.05) is 54.4 Å². The molecule has 0 amide bonds. The van der Waals surface area contributed by atoms with E-state index in [1.54, 1.807) is 0 Å². The molecular weight excluding hydrogens is 536 g/mol. The summed E-state index contributed by atoms with van der Waals surface area (Å²) in [6.07, 6.45) is 27.4. The van der Waals surface area contributed by atoms with Gasteiger partial charge in [0.2, 0.25) is 0 Å². The van der Waals surface area contributed by atoms with E-state index in [0.717, 1.165) is 0 Å². The number of nitrogens with zero attached hydrogens (tertiary/aromatic N) is 2. The van der Waals surface area contributed by atoms with E-state index in [0.29, 0.717) is 0 Å². The molecule has 33 heavy (non-hydrogen) atoms. The van der Waals surface area contributed by atoms with E-state index < -0.39 is 0 Å². The van der Waals surface area contributed by atoms with Crippen molar-refractivity contribution in [2.45, 2.75) is 109 Å². The van der Waals surface area contributed by atoms with Crippen LogP contribution in [0.4, 0.5) is 0 Å². The summed E-state index contributed by atoms with van der Waals surface area (Å²) in [4.78, 5) is 0. The number of hydrogen-bond acceptors (Lipinski definition) is 0. The van der Waals surface area contributed by atoms with Crippen LogP contribution < -0.4 is 34.0 Å². The highest BCUT2D eigenvalue weighted by atomic mass is 79.9. The first-order chi connectivity index (χ1) is 14.8. The lowest BCUT2D eigenvalue weighted by Gasteiger charge is -2.33. The van der Waals surface area contributed by atoms with Crippen molar-refractivity contribution in [3.63, 3.8) is 0 Å². The molecule has 0 aromatic rings. The van der Waals surface area contributed by atoms with Gasteiger partial charge in [0.25, 0.3) is 0 Å². The third-order valence-electron chi connectivity index (χ3n) is 6.87. The summed E-state index contributed by atoms with van der Waals surface area (Å²) >= 11 is 0. The van der Waals surface area contributed by atoms with E-state index in [2.05, 4.69) is 53.5 Å². The molecule has 0 unspecified atom stereocenters. The lowest BCUT2D eigenvalue weighted by atomic mass is 10.1. The van der Waals surface area contributed by atoms with Crippen molar-refractivity contribution in [2.24, 2.45) is 0 Å². The van der Waals surface area contributed by atoms with Crippen LogP contribution in [0.5, 0.6) is 0 Å². The molecule has 0 aromatic heterocycles. The maximum absolute atomic E-state index is 3.80. The van der Waals surface area contributed by atoms with E-state index in [1.165, 1.54) is 144 Å². The summed E-state index contributed by atoms with van der Waals surface area (Å²) in [6.45, 7) is 13.0. The van der Waals surface area contributed by atoms with Gasteiger partial charge in [0.1, 0.15) is 0 Å². The molecule has 0 spiro atoms. The predicted molar refractivity (Wildman–Crippen MR) is 143 cm³/mol. The number of quaternary nitrogens is 2. The Morgan fingerprint density at radius 3 is 0.939 bits per heavy atom. The zero-order valence-corrected chi connectivity index (χ0v) is 26.2. The maximum Gasteiger partial charge on any atom is 0.0836 e. The van der Waals surface area contributed by atoms with Crippen LogP contribution in [0.3, 0.4) is 0 Å². The summed E-state index contributed by atoms with van der Waals surface area (Å²) < 4.78 is 2.40. The van der Waals surface area contributed by atoms with Crippen LogP contribution in [0.1, 0.15) is 109 Å². The molecular formula is C29H60Br2N2. The molecule has 0 aliphatic heterocycles. The fraction of sp³-hybridized carbons (Fsp3) is 0.862. The van der Waals surface area contributed by atoms with Gasteiger partial charge in [-0.05, 0) is 51.4 Å². The summed E-state index contributed by atoms with van der Waals surface area (Å²) in [5.41, 5.74) is 0. The van der Waals surface area contributed by atoms with Crippen molar-refractivity contribution >= 4 is 0 Å². The molecule has 4 heteroatoms. The third-order valence-corrected chi connectivity index (χ3v) is 6.87. The zero-order chi connectivity index (χ0) is 23.3. The second-order valence-electron chi connectivity index (χ2n) is 11.2. The Kier molecular flexibility index (Phi) is 29.2. The average Bonchev–Trinajstić information content (AvgIpc) is 2.71. The Balaban J connectivity index is -0.00000450. The van der Waals surface area contributed by atoms with Crippen molar-refractivity contribution in [3.8, 4) is 0 Å². The first-order valence-corrected chi connectivity index (χ1v) is 13.7. The first kappa shape index (κ1) is 37.9. The van der Waals surface area contributed by atoms with Gasteiger partial charge in [0.05, 0.1) is 54.4 Å². The summed E-state index contributed by atoms with van der Waals surface area (Å²) in [5.74, 6) is 0. The quantitative estimate of drug-likeness (QED) is 0.0911. The zero-order valence-electron chi connectivity index (χ0n) is 23.1. The molecule has 0 saturated heterocycles. The minimum atomic E-state index is 0. The van der Waals surface area contributed by atoms with Crippen molar-refractivity contribution in [1.29, 1.82) is 0 Å². The lowest BCUT2D eigenvalue weighted by molar-refractivity contribution is -0.909.